The smallest absolute Gasteiger partial charge is 0.243 e. The fourth-order valence-electron chi connectivity index (χ4n) is 2.88. The Kier molecular flexibility index (Phi) is 5.88. The summed E-state index contributed by atoms with van der Waals surface area (Å²) in [6, 6.07) is 7.67. The second-order valence-electron chi connectivity index (χ2n) is 6.35. The van der Waals surface area contributed by atoms with Crippen molar-refractivity contribution in [2.45, 2.75) is 43.5 Å². The highest BCUT2D eigenvalue weighted by Crippen LogP contribution is 2.28. The molecule has 0 atom stereocenters. The van der Waals surface area contributed by atoms with Crippen LogP contribution in [0.4, 0.5) is 0 Å². The lowest BCUT2D eigenvalue weighted by atomic mass is 10.1. The van der Waals surface area contributed by atoms with E-state index in [1.807, 2.05) is 19.1 Å². The maximum absolute atomic E-state index is 12.6. The number of hydrogen-bond donors (Lipinski definition) is 1. The van der Waals surface area contributed by atoms with Crippen molar-refractivity contribution in [3.8, 4) is 0 Å². The van der Waals surface area contributed by atoms with Gasteiger partial charge in [0.15, 0.2) is 0 Å². The molecule has 1 aromatic carbocycles. The summed E-state index contributed by atoms with van der Waals surface area (Å²) in [5.74, 6) is 0.874. The number of nitrogens with zero attached hydrogens (tertiary/aromatic N) is 1. The lowest BCUT2D eigenvalue weighted by Crippen LogP contribution is -2.45. The van der Waals surface area contributed by atoms with Crippen LogP contribution in [0.25, 0.3) is 0 Å². The van der Waals surface area contributed by atoms with Gasteiger partial charge in [-0.15, -0.1) is 12.4 Å². The van der Waals surface area contributed by atoms with Crippen LogP contribution in [-0.2, 0) is 10.0 Å². The van der Waals surface area contributed by atoms with Gasteiger partial charge >= 0.3 is 0 Å². The minimum Gasteiger partial charge on any atom is -0.314 e. The van der Waals surface area contributed by atoms with E-state index < -0.39 is 10.0 Å². The molecule has 2 aliphatic rings. The summed E-state index contributed by atoms with van der Waals surface area (Å²) < 4.78 is 26.9. The van der Waals surface area contributed by atoms with E-state index in [0.29, 0.717) is 24.0 Å². The van der Waals surface area contributed by atoms with Gasteiger partial charge in [0.1, 0.15) is 0 Å². The zero-order valence-electron chi connectivity index (χ0n) is 13.0. The van der Waals surface area contributed by atoms with Crippen molar-refractivity contribution >= 4 is 22.4 Å². The summed E-state index contributed by atoms with van der Waals surface area (Å²) in [7, 11) is -3.32. The van der Waals surface area contributed by atoms with E-state index in [9.17, 15) is 8.42 Å². The van der Waals surface area contributed by atoms with E-state index >= 15 is 0 Å². The van der Waals surface area contributed by atoms with Crippen LogP contribution in [0.15, 0.2) is 29.2 Å². The van der Waals surface area contributed by atoms with E-state index in [-0.39, 0.29) is 12.4 Å². The molecule has 124 valence electrons. The first-order valence-corrected chi connectivity index (χ1v) is 9.30. The van der Waals surface area contributed by atoms with Gasteiger partial charge in [0.25, 0.3) is 0 Å². The van der Waals surface area contributed by atoms with Crippen molar-refractivity contribution in [3.05, 3.63) is 29.8 Å². The monoisotopic (exact) mass is 344 g/mol. The minimum absolute atomic E-state index is 0. The molecule has 0 aromatic heterocycles. The number of benzene rings is 1. The molecule has 1 saturated carbocycles. The quantitative estimate of drug-likeness (QED) is 0.893. The second-order valence-corrected chi connectivity index (χ2v) is 8.28. The molecule has 1 aliphatic heterocycles. The molecule has 6 heteroatoms. The lowest BCUT2D eigenvalue weighted by molar-refractivity contribution is 0.288. The zero-order chi connectivity index (χ0) is 14.9. The summed E-state index contributed by atoms with van der Waals surface area (Å²) in [5, 5.41) is 3.58. The lowest BCUT2D eigenvalue weighted by Gasteiger charge is -2.31. The highest BCUT2D eigenvalue weighted by atomic mass is 35.5. The number of aryl methyl sites for hydroxylation is 1. The van der Waals surface area contributed by atoms with Crippen LogP contribution in [-0.4, -0.2) is 38.4 Å². The van der Waals surface area contributed by atoms with Crippen molar-refractivity contribution in [3.63, 3.8) is 0 Å². The van der Waals surface area contributed by atoms with Crippen molar-refractivity contribution in [1.82, 2.24) is 9.62 Å². The molecule has 0 unspecified atom stereocenters. The molecule has 0 radical (unpaired) electrons. The number of nitrogens with one attached hydrogen (secondary N) is 1. The zero-order valence-corrected chi connectivity index (χ0v) is 14.6. The Bertz CT molecular complexity index is 594. The number of hydrogen-bond acceptors (Lipinski definition) is 3. The first-order chi connectivity index (χ1) is 10.1. The van der Waals surface area contributed by atoms with Crippen LogP contribution in [0.5, 0.6) is 0 Å². The predicted octanol–water partition coefficient (Wildman–Crippen LogP) is 2.57. The molecular formula is C16H25ClN2O2S. The molecular weight excluding hydrogens is 320 g/mol. The summed E-state index contributed by atoms with van der Waals surface area (Å²) in [6.45, 7) is 4.28. The Balaban J connectivity index is 0.00000176. The standard InChI is InChI=1S/C16H24N2O2S.ClH/c1-13-3-2-4-16(11-13)21(19,20)18-9-7-15(8-10-18)17-12-14-5-6-14;/h2-4,11,14-15,17H,5-10,12H2,1H3;1H. The van der Waals surface area contributed by atoms with Crippen molar-refractivity contribution in [1.29, 1.82) is 0 Å². The Morgan fingerprint density at radius 3 is 2.45 bits per heavy atom. The third-order valence-electron chi connectivity index (χ3n) is 4.47. The fraction of sp³-hybridized carbons (Fsp3) is 0.625. The van der Waals surface area contributed by atoms with Gasteiger partial charge in [-0.25, -0.2) is 8.42 Å². The molecule has 2 fully saturated rings. The Morgan fingerprint density at radius 1 is 1.18 bits per heavy atom. The molecule has 1 N–H and O–H groups in total. The third-order valence-corrected chi connectivity index (χ3v) is 6.37. The van der Waals surface area contributed by atoms with E-state index in [2.05, 4.69) is 5.32 Å². The van der Waals surface area contributed by atoms with Crippen LogP contribution in [0.2, 0.25) is 0 Å². The summed E-state index contributed by atoms with van der Waals surface area (Å²) in [6.07, 6.45) is 4.54. The van der Waals surface area contributed by atoms with Gasteiger partial charge in [-0.2, -0.15) is 4.31 Å². The highest BCUT2D eigenvalue weighted by Gasteiger charge is 2.30. The van der Waals surface area contributed by atoms with Gasteiger partial charge in [0.05, 0.1) is 4.90 Å². The molecule has 1 aliphatic carbocycles. The Hall–Kier alpha value is -0.620. The minimum atomic E-state index is -3.32. The van der Waals surface area contributed by atoms with Gasteiger partial charge in [-0.1, -0.05) is 12.1 Å². The van der Waals surface area contributed by atoms with Crippen LogP contribution in [0.1, 0.15) is 31.2 Å². The molecule has 0 bridgehead atoms. The molecule has 3 rings (SSSR count). The number of piperidine rings is 1. The van der Waals surface area contributed by atoms with Crippen LogP contribution in [0, 0.1) is 12.8 Å². The molecule has 22 heavy (non-hydrogen) atoms. The SMILES string of the molecule is Cc1cccc(S(=O)(=O)N2CCC(NCC3CC3)CC2)c1.Cl. The maximum Gasteiger partial charge on any atom is 0.243 e. The average molecular weight is 345 g/mol. The summed E-state index contributed by atoms with van der Waals surface area (Å²) in [4.78, 5) is 0.423. The third kappa shape index (κ3) is 4.22. The fourth-order valence-corrected chi connectivity index (χ4v) is 4.46. The molecule has 1 saturated heterocycles. The van der Waals surface area contributed by atoms with E-state index in [1.54, 1.807) is 16.4 Å². The van der Waals surface area contributed by atoms with Gasteiger partial charge in [-0.05, 0) is 62.8 Å². The second kappa shape index (κ2) is 7.30. The predicted molar refractivity (Wildman–Crippen MR) is 90.9 cm³/mol. The van der Waals surface area contributed by atoms with E-state index in [4.69, 9.17) is 0 Å². The largest absolute Gasteiger partial charge is 0.314 e. The van der Waals surface area contributed by atoms with Crippen molar-refractivity contribution in [2.24, 2.45) is 5.92 Å². The molecule has 1 aromatic rings. The van der Waals surface area contributed by atoms with Gasteiger partial charge in [-0.3, -0.25) is 0 Å². The van der Waals surface area contributed by atoms with Crippen molar-refractivity contribution in [2.75, 3.05) is 19.6 Å². The highest BCUT2D eigenvalue weighted by molar-refractivity contribution is 7.89. The average Bonchev–Trinajstić information content (AvgIpc) is 3.30. The van der Waals surface area contributed by atoms with Gasteiger partial charge in [0, 0.05) is 19.1 Å². The van der Waals surface area contributed by atoms with Gasteiger partial charge < -0.3 is 5.32 Å². The topological polar surface area (TPSA) is 49.4 Å². The molecule has 1 heterocycles. The number of sulfonamides is 1. The van der Waals surface area contributed by atoms with Gasteiger partial charge in [0.2, 0.25) is 10.0 Å². The molecule has 0 spiro atoms. The van der Waals surface area contributed by atoms with Crippen LogP contribution in [0.3, 0.4) is 0 Å². The summed E-state index contributed by atoms with van der Waals surface area (Å²) in [5.41, 5.74) is 0.983. The van der Waals surface area contributed by atoms with E-state index in [0.717, 1.165) is 30.9 Å². The van der Waals surface area contributed by atoms with Crippen LogP contribution >= 0.6 is 12.4 Å². The number of halogens is 1. The summed E-state index contributed by atoms with van der Waals surface area (Å²) >= 11 is 0. The Morgan fingerprint density at radius 2 is 1.86 bits per heavy atom. The Labute approximate surface area is 139 Å². The molecule has 0 amide bonds. The maximum atomic E-state index is 12.6. The van der Waals surface area contributed by atoms with Crippen molar-refractivity contribution < 1.29 is 8.42 Å². The normalized spacial score (nSPS) is 20.6. The first kappa shape index (κ1) is 17.7. The van der Waals surface area contributed by atoms with E-state index in [1.165, 1.54) is 12.8 Å². The van der Waals surface area contributed by atoms with Crippen LogP contribution < -0.4 is 5.32 Å². The number of rotatable bonds is 5. The first-order valence-electron chi connectivity index (χ1n) is 7.86. The molecule has 4 nitrogen and oxygen atoms in total.